The van der Waals surface area contributed by atoms with Crippen molar-refractivity contribution in [3.05, 3.63) is 125 Å². The topological polar surface area (TPSA) is 102 Å². The molecule has 0 radical (unpaired) electrons. The molecular formula is C36H39ClN4O4S. The molecule has 3 aromatic carbocycles. The van der Waals surface area contributed by atoms with Gasteiger partial charge in [0.05, 0.1) is 29.4 Å². The van der Waals surface area contributed by atoms with Gasteiger partial charge in [-0.2, -0.15) is 0 Å². The van der Waals surface area contributed by atoms with Crippen LogP contribution in [-0.4, -0.2) is 60.7 Å². The molecule has 0 aliphatic carbocycles. The van der Waals surface area contributed by atoms with Crippen LogP contribution in [0.4, 0.5) is 10.5 Å². The molecule has 240 valence electrons. The number of benzene rings is 3. The Hall–Kier alpha value is -3.89. The summed E-state index contributed by atoms with van der Waals surface area (Å²) >= 11 is 7.63. The van der Waals surface area contributed by atoms with Gasteiger partial charge in [0.2, 0.25) is 5.91 Å². The van der Waals surface area contributed by atoms with Gasteiger partial charge in [0.25, 0.3) is 0 Å². The van der Waals surface area contributed by atoms with Crippen molar-refractivity contribution in [3.63, 3.8) is 0 Å². The fraction of sp³-hybridized carbons (Fsp3) is 0.306. The summed E-state index contributed by atoms with van der Waals surface area (Å²) in [5.41, 5.74) is 3.48. The smallest absolute Gasteiger partial charge is 0.407 e. The van der Waals surface area contributed by atoms with Crippen molar-refractivity contribution in [2.75, 3.05) is 24.7 Å². The summed E-state index contributed by atoms with van der Waals surface area (Å²) < 4.78 is 11.5. The Labute approximate surface area is 279 Å². The molecule has 1 aromatic heterocycles. The number of alkyl carbamates (subject to hydrolysis) is 1. The van der Waals surface area contributed by atoms with E-state index < -0.39 is 18.1 Å². The SMILES string of the molecule is COC(=O)NC(C(=O)Nc1ccccc1CCC1CNC(C)C(CSc2ccc(Cl)cn2)O1)C(c1ccccc1)c1ccccc1. The van der Waals surface area contributed by atoms with Crippen molar-refractivity contribution in [2.45, 2.75) is 55.0 Å². The van der Waals surface area contributed by atoms with Crippen LogP contribution < -0.4 is 16.0 Å². The molecular weight excluding hydrogens is 620 g/mol. The molecule has 1 fully saturated rings. The van der Waals surface area contributed by atoms with Gasteiger partial charge < -0.3 is 25.4 Å². The molecule has 4 unspecified atom stereocenters. The molecule has 8 nitrogen and oxygen atoms in total. The monoisotopic (exact) mass is 658 g/mol. The molecule has 5 rings (SSSR count). The Balaban J connectivity index is 1.28. The molecule has 0 saturated carbocycles. The molecule has 46 heavy (non-hydrogen) atoms. The first-order valence-corrected chi connectivity index (χ1v) is 16.7. The molecule has 2 amide bonds. The lowest BCUT2D eigenvalue weighted by atomic mass is 9.84. The first kappa shape index (κ1) is 33.5. The molecule has 4 aromatic rings. The number of amides is 2. The van der Waals surface area contributed by atoms with Crippen LogP contribution in [0.3, 0.4) is 0 Å². The number of halogens is 1. The number of pyridine rings is 1. The highest BCUT2D eigenvalue weighted by molar-refractivity contribution is 7.99. The maximum Gasteiger partial charge on any atom is 0.407 e. The molecule has 0 spiro atoms. The number of hydrogen-bond acceptors (Lipinski definition) is 7. The van der Waals surface area contributed by atoms with Crippen LogP contribution in [0.1, 0.15) is 36.0 Å². The van der Waals surface area contributed by atoms with Gasteiger partial charge in [0.15, 0.2) is 0 Å². The Kier molecular flexibility index (Phi) is 12.1. The molecule has 1 saturated heterocycles. The summed E-state index contributed by atoms with van der Waals surface area (Å²) in [7, 11) is 1.29. The van der Waals surface area contributed by atoms with E-state index in [9.17, 15) is 9.59 Å². The van der Waals surface area contributed by atoms with Crippen molar-refractivity contribution >= 4 is 41.1 Å². The zero-order valence-electron chi connectivity index (χ0n) is 25.9. The number of para-hydroxylation sites is 1. The van der Waals surface area contributed by atoms with Gasteiger partial charge in [0, 0.05) is 36.1 Å². The Morgan fingerprint density at radius 3 is 2.33 bits per heavy atom. The molecule has 3 N–H and O–H groups in total. The molecule has 1 aliphatic rings. The van der Waals surface area contributed by atoms with Crippen molar-refractivity contribution < 1.29 is 19.1 Å². The first-order valence-electron chi connectivity index (χ1n) is 15.4. The quantitative estimate of drug-likeness (QED) is 0.146. The number of anilines is 1. The third kappa shape index (κ3) is 9.10. The molecule has 2 heterocycles. The number of ether oxygens (including phenoxy) is 2. The van der Waals surface area contributed by atoms with E-state index in [1.54, 1.807) is 18.0 Å². The molecule has 10 heteroatoms. The minimum Gasteiger partial charge on any atom is -0.453 e. The normalized spacial score (nSPS) is 18.5. The number of nitrogens with one attached hydrogen (secondary N) is 3. The van der Waals surface area contributed by atoms with Crippen LogP contribution in [0, 0.1) is 0 Å². The third-order valence-electron chi connectivity index (χ3n) is 8.09. The third-order valence-corrected chi connectivity index (χ3v) is 9.35. The van der Waals surface area contributed by atoms with E-state index in [2.05, 4.69) is 27.9 Å². The summed E-state index contributed by atoms with van der Waals surface area (Å²) in [5.74, 6) is -0.0204. The highest BCUT2D eigenvalue weighted by Crippen LogP contribution is 2.30. The number of morpholine rings is 1. The summed E-state index contributed by atoms with van der Waals surface area (Å²) in [5, 5.41) is 11.0. The number of nitrogens with zero attached hydrogens (tertiary/aromatic N) is 1. The summed E-state index contributed by atoms with van der Waals surface area (Å²) in [4.78, 5) is 31.0. The number of thioether (sulfide) groups is 1. The number of aromatic nitrogens is 1. The lowest BCUT2D eigenvalue weighted by molar-refractivity contribution is -0.118. The maximum atomic E-state index is 14.1. The second kappa shape index (κ2) is 16.6. The van der Waals surface area contributed by atoms with E-state index in [0.29, 0.717) is 17.1 Å². The fourth-order valence-electron chi connectivity index (χ4n) is 5.60. The second-order valence-corrected chi connectivity index (χ2v) is 12.7. The second-order valence-electron chi connectivity index (χ2n) is 11.2. The van der Waals surface area contributed by atoms with Gasteiger partial charge in [0.1, 0.15) is 6.04 Å². The standard InChI is InChI=1S/C36H39ClN4O4S/c1-24-31(23-46-32-20-18-28(37)21-39-32)45-29(22-38-24)19-17-25-11-9-10-16-30(25)40-35(42)34(41-36(43)44-2)33(26-12-5-3-6-13-26)27-14-7-4-8-15-27/h3-16,18,20-21,24,29,31,33-34,38H,17,19,22-23H2,1-2H3,(H,40,42)(H,41,43). The molecule has 1 aliphatic heterocycles. The highest BCUT2D eigenvalue weighted by Gasteiger charge is 2.33. The minimum atomic E-state index is -0.939. The van der Waals surface area contributed by atoms with Crippen molar-refractivity contribution in [1.82, 2.24) is 15.6 Å². The van der Waals surface area contributed by atoms with Gasteiger partial charge in [-0.1, -0.05) is 90.5 Å². The largest absolute Gasteiger partial charge is 0.453 e. The summed E-state index contributed by atoms with van der Waals surface area (Å²) in [6.07, 6.45) is 2.48. The summed E-state index contributed by atoms with van der Waals surface area (Å²) in [6.45, 7) is 2.88. The average molecular weight is 659 g/mol. The van der Waals surface area contributed by atoms with Gasteiger partial charge in [-0.3, -0.25) is 4.79 Å². The van der Waals surface area contributed by atoms with Crippen LogP contribution in [-0.2, 0) is 20.7 Å². The Bertz CT molecular complexity index is 1520. The summed E-state index contributed by atoms with van der Waals surface area (Å²) in [6, 6.07) is 30.2. The number of rotatable bonds is 12. The lowest BCUT2D eigenvalue weighted by Gasteiger charge is -2.36. The fourth-order valence-corrected chi connectivity index (χ4v) is 6.71. The van der Waals surface area contributed by atoms with E-state index >= 15 is 0 Å². The van der Waals surface area contributed by atoms with Crippen LogP contribution in [0.5, 0.6) is 0 Å². The predicted molar refractivity (Wildman–Crippen MR) is 184 cm³/mol. The number of methoxy groups -OCH3 is 1. The number of carbonyl (C=O) groups excluding carboxylic acids is 2. The average Bonchev–Trinajstić information content (AvgIpc) is 3.09. The van der Waals surface area contributed by atoms with Gasteiger partial charge >= 0.3 is 6.09 Å². The van der Waals surface area contributed by atoms with Crippen LogP contribution in [0.15, 0.2) is 108 Å². The number of aryl methyl sites for hydroxylation is 1. The van der Waals surface area contributed by atoms with E-state index in [-0.39, 0.29) is 24.2 Å². The maximum absolute atomic E-state index is 14.1. The van der Waals surface area contributed by atoms with E-state index in [4.69, 9.17) is 21.1 Å². The Morgan fingerprint density at radius 2 is 1.67 bits per heavy atom. The van der Waals surface area contributed by atoms with Crippen molar-refractivity contribution in [3.8, 4) is 0 Å². The number of carbonyl (C=O) groups is 2. The van der Waals surface area contributed by atoms with Crippen LogP contribution in [0.25, 0.3) is 0 Å². The van der Waals surface area contributed by atoms with Crippen molar-refractivity contribution in [1.29, 1.82) is 0 Å². The van der Waals surface area contributed by atoms with Gasteiger partial charge in [-0.05, 0) is 54.7 Å². The highest BCUT2D eigenvalue weighted by atomic mass is 35.5. The zero-order valence-corrected chi connectivity index (χ0v) is 27.5. The van der Waals surface area contributed by atoms with Crippen LogP contribution >= 0.6 is 23.4 Å². The Morgan fingerprint density at radius 1 is 1.00 bits per heavy atom. The van der Waals surface area contributed by atoms with Crippen molar-refractivity contribution in [2.24, 2.45) is 0 Å². The molecule has 4 atom stereocenters. The minimum absolute atomic E-state index is 0.0121. The van der Waals surface area contributed by atoms with Gasteiger partial charge in [-0.25, -0.2) is 9.78 Å². The number of hydrogen-bond donors (Lipinski definition) is 3. The predicted octanol–water partition coefficient (Wildman–Crippen LogP) is 6.70. The molecule has 0 bridgehead atoms. The van der Waals surface area contributed by atoms with E-state index in [1.165, 1.54) is 7.11 Å². The zero-order chi connectivity index (χ0) is 32.3. The van der Waals surface area contributed by atoms with E-state index in [0.717, 1.165) is 40.4 Å². The first-order chi connectivity index (χ1) is 22.4. The van der Waals surface area contributed by atoms with Crippen LogP contribution in [0.2, 0.25) is 5.02 Å². The van der Waals surface area contributed by atoms with Gasteiger partial charge in [-0.15, -0.1) is 11.8 Å². The lowest BCUT2D eigenvalue weighted by Crippen LogP contribution is -2.52. The van der Waals surface area contributed by atoms with E-state index in [1.807, 2.05) is 97.1 Å².